The van der Waals surface area contributed by atoms with Gasteiger partial charge in [-0.3, -0.25) is 5.32 Å². The van der Waals surface area contributed by atoms with E-state index in [1.54, 1.807) is 0 Å². The van der Waals surface area contributed by atoms with Gasteiger partial charge in [-0.15, -0.1) is 0 Å². The Kier molecular flexibility index (Phi) is 7.40. The molecule has 0 amide bonds. The molecule has 8 aromatic carbocycles. The van der Waals surface area contributed by atoms with Gasteiger partial charge in [0, 0.05) is 44.2 Å². The van der Waals surface area contributed by atoms with E-state index >= 15 is 0 Å². The number of aliphatic imine (C=N–C) groups is 1. The van der Waals surface area contributed by atoms with Crippen LogP contribution in [0.5, 0.6) is 0 Å². The van der Waals surface area contributed by atoms with Crippen molar-refractivity contribution >= 4 is 76.7 Å². The lowest BCUT2D eigenvalue weighted by molar-refractivity contribution is 0.423. The van der Waals surface area contributed by atoms with Crippen molar-refractivity contribution in [3.8, 4) is 5.69 Å². The summed E-state index contributed by atoms with van der Waals surface area (Å²) in [6.07, 6.45) is 4.06. The molecule has 0 fully saturated rings. The molecule has 276 valence electrons. The molecule has 2 unspecified atom stereocenters. The average molecular weight is 747 g/mol. The smallest absolute Gasteiger partial charge is 0.131 e. The Morgan fingerprint density at radius 3 is 1.83 bits per heavy atom. The van der Waals surface area contributed by atoms with E-state index in [9.17, 15) is 0 Å². The van der Waals surface area contributed by atoms with Crippen LogP contribution in [0.1, 0.15) is 17.3 Å². The molecule has 2 aromatic heterocycles. The van der Waals surface area contributed by atoms with E-state index in [1.807, 2.05) is 0 Å². The van der Waals surface area contributed by atoms with Crippen molar-refractivity contribution in [2.75, 3.05) is 6.54 Å². The molecule has 0 saturated heterocycles. The first-order valence-electron chi connectivity index (χ1n) is 20.0. The van der Waals surface area contributed by atoms with Gasteiger partial charge in [-0.25, -0.2) is 4.99 Å². The minimum Gasteiger partial charge on any atom is -0.380 e. The third-order valence-electron chi connectivity index (χ3n) is 12.0. The Bertz CT molecular complexity index is 3360. The van der Waals surface area contributed by atoms with Crippen LogP contribution in [-0.4, -0.2) is 27.7 Å². The van der Waals surface area contributed by atoms with Gasteiger partial charge >= 0.3 is 0 Å². The number of dihydropyridines is 1. The Hall–Kier alpha value is -7.41. The maximum Gasteiger partial charge on any atom is 0.131 e. The van der Waals surface area contributed by atoms with E-state index in [4.69, 9.17) is 4.99 Å². The molecule has 2 atom stereocenters. The number of benzene rings is 8. The van der Waals surface area contributed by atoms with Gasteiger partial charge in [0.1, 0.15) is 18.2 Å². The molecule has 10 aromatic rings. The van der Waals surface area contributed by atoms with Gasteiger partial charge in [0.15, 0.2) is 0 Å². The third kappa shape index (κ3) is 5.26. The summed E-state index contributed by atoms with van der Waals surface area (Å²) in [7, 11) is 0. The molecule has 6 nitrogen and oxygen atoms in total. The van der Waals surface area contributed by atoms with Crippen LogP contribution in [0.2, 0.25) is 0 Å². The highest BCUT2D eigenvalue weighted by atomic mass is 15.3. The summed E-state index contributed by atoms with van der Waals surface area (Å²) in [5.74, 6) is 0.866. The average Bonchev–Trinajstić information content (AvgIpc) is 3.80. The minimum atomic E-state index is -0.249. The normalized spacial score (nSPS) is 17.1. The monoisotopic (exact) mass is 746 g/mol. The van der Waals surface area contributed by atoms with Crippen molar-refractivity contribution in [2.24, 2.45) is 4.99 Å². The minimum absolute atomic E-state index is 0.201. The maximum absolute atomic E-state index is 5.29. The molecule has 6 heteroatoms. The summed E-state index contributed by atoms with van der Waals surface area (Å²) in [6, 6.07) is 63.3. The number of rotatable bonds is 5. The molecule has 3 N–H and O–H groups in total. The molecule has 12 rings (SSSR count). The van der Waals surface area contributed by atoms with Crippen molar-refractivity contribution < 1.29 is 0 Å². The van der Waals surface area contributed by atoms with Crippen LogP contribution in [0, 0.1) is 0 Å². The van der Waals surface area contributed by atoms with Crippen LogP contribution in [0.3, 0.4) is 0 Å². The first-order valence-corrected chi connectivity index (χ1v) is 20.0. The molecular formula is C52H38N6. The summed E-state index contributed by atoms with van der Waals surface area (Å²) >= 11 is 0. The highest BCUT2D eigenvalue weighted by Gasteiger charge is 2.29. The molecule has 4 heterocycles. The lowest BCUT2D eigenvalue weighted by atomic mass is 10.0. The highest BCUT2D eigenvalue weighted by molar-refractivity contribution is 6.19. The van der Waals surface area contributed by atoms with E-state index in [-0.39, 0.29) is 12.3 Å². The van der Waals surface area contributed by atoms with Crippen LogP contribution < -0.4 is 16.0 Å². The van der Waals surface area contributed by atoms with Gasteiger partial charge in [0.05, 0.1) is 28.6 Å². The number of para-hydroxylation sites is 3. The molecule has 0 bridgehead atoms. The SMILES string of the molecule is C1=C(C2NC(c3ccc4ccccc4c3)=NC(c3ccc4ccccc4c3)N2)NCC(n2c3ccccc3c3cc4c5ccccc5n(-c5ccccc5)c4cc32)=C1. The summed E-state index contributed by atoms with van der Waals surface area (Å²) < 4.78 is 4.84. The number of fused-ring (bicyclic) bond motifs is 8. The van der Waals surface area contributed by atoms with Crippen molar-refractivity contribution in [3.05, 3.63) is 205 Å². The van der Waals surface area contributed by atoms with E-state index in [0.29, 0.717) is 6.54 Å². The van der Waals surface area contributed by atoms with Crippen LogP contribution in [0.25, 0.3) is 76.5 Å². The molecule has 2 aliphatic rings. The van der Waals surface area contributed by atoms with Crippen molar-refractivity contribution in [3.63, 3.8) is 0 Å². The standard InChI is InChI=1S/C52H38N6/c1-2-16-39(17-3-1)57-46-20-10-8-18-41(46)43-30-44-42-19-9-11-21-47(42)58(49(44)31-48(43)57)40-26-27-45(53-32-40)52-55-50(37-24-22-33-12-4-6-14-35(33)28-37)54-51(56-52)38-25-23-34-13-5-7-15-36(34)29-38/h1-31,50,52-53,55H,32H2,(H,54,56). The number of nitrogens with zero attached hydrogens (tertiary/aromatic N) is 3. The molecule has 0 spiro atoms. The topological polar surface area (TPSA) is 58.3 Å². The number of hydrogen-bond donors (Lipinski definition) is 3. The van der Waals surface area contributed by atoms with Crippen molar-refractivity contribution in [1.82, 2.24) is 25.1 Å². The Morgan fingerprint density at radius 2 is 1.10 bits per heavy atom. The zero-order chi connectivity index (χ0) is 38.2. The first-order chi connectivity index (χ1) is 28.7. The van der Waals surface area contributed by atoms with Crippen LogP contribution in [0.15, 0.2) is 199 Å². The van der Waals surface area contributed by atoms with Crippen LogP contribution in [-0.2, 0) is 0 Å². The summed E-state index contributed by atoms with van der Waals surface area (Å²) in [4.78, 5) is 5.29. The molecule has 0 saturated carbocycles. The lowest BCUT2D eigenvalue weighted by Crippen LogP contribution is -2.54. The fraction of sp³-hybridized carbons (Fsp3) is 0.0577. The second kappa shape index (κ2) is 13.1. The predicted octanol–water partition coefficient (Wildman–Crippen LogP) is 11.2. The van der Waals surface area contributed by atoms with Crippen molar-refractivity contribution in [2.45, 2.75) is 12.3 Å². The van der Waals surface area contributed by atoms with Gasteiger partial charge in [-0.1, -0.05) is 127 Å². The van der Waals surface area contributed by atoms with E-state index in [1.165, 1.54) is 70.9 Å². The zero-order valence-corrected chi connectivity index (χ0v) is 31.6. The number of nitrogens with one attached hydrogen (secondary N) is 3. The number of amidine groups is 1. The lowest BCUT2D eigenvalue weighted by Gasteiger charge is -2.35. The van der Waals surface area contributed by atoms with Crippen LogP contribution in [0.4, 0.5) is 0 Å². The maximum atomic E-state index is 5.29. The van der Waals surface area contributed by atoms with Gasteiger partial charge in [-0.05, 0) is 87.8 Å². The van der Waals surface area contributed by atoms with Gasteiger partial charge in [0.2, 0.25) is 0 Å². The van der Waals surface area contributed by atoms with E-state index in [0.717, 1.165) is 28.3 Å². The Balaban J connectivity index is 0.974. The Morgan fingerprint density at radius 1 is 0.483 bits per heavy atom. The quantitative estimate of drug-likeness (QED) is 0.164. The molecule has 0 radical (unpaired) electrons. The summed E-state index contributed by atoms with van der Waals surface area (Å²) in [6.45, 7) is 0.655. The fourth-order valence-corrected chi connectivity index (χ4v) is 9.19. The molecular weight excluding hydrogens is 709 g/mol. The van der Waals surface area contributed by atoms with Gasteiger partial charge < -0.3 is 19.8 Å². The van der Waals surface area contributed by atoms with E-state index in [2.05, 4.69) is 213 Å². The Labute approximate surface area is 335 Å². The first kappa shape index (κ1) is 32.8. The number of allylic oxidation sites excluding steroid dienone is 2. The van der Waals surface area contributed by atoms with Crippen LogP contribution >= 0.6 is 0 Å². The summed E-state index contributed by atoms with van der Waals surface area (Å²) in [5, 5.41) is 21.3. The van der Waals surface area contributed by atoms with Gasteiger partial charge in [-0.2, -0.15) is 0 Å². The molecule has 0 aliphatic carbocycles. The number of aromatic nitrogens is 2. The fourth-order valence-electron chi connectivity index (χ4n) is 9.19. The summed E-state index contributed by atoms with van der Waals surface area (Å²) in [5.41, 5.74) is 10.4. The second-order valence-electron chi connectivity index (χ2n) is 15.4. The van der Waals surface area contributed by atoms with E-state index < -0.39 is 0 Å². The van der Waals surface area contributed by atoms with Crippen molar-refractivity contribution in [1.29, 1.82) is 0 Å². The van der Waals surface area contributed by atoms with Gasteiger partial charge in [0.25, 0.3) is 0 Å². The predicted molar refractivity (Wildman–Crippen MR) is 241 cm³/mol. The second-order valence-corrected chi connectivity index (χ2v) is 15.4. The third-order valence-corrected chi connectivity index (χ3v) is 12.0. The number of hydrogen-bond acceptors (Lipinski definition) is 4. The highest BCUT2D eigenvalue weighted by Crippen LogP contribution is 2.40. The largest absolute Gasteiger partial charge is 0.380 e. The molecule has 2 aliphatic heterocycles. The zero-order valence-electron chi connectivity index (χ0n) is 31.6. The molecule has 58 heavy (non-hydrogen) atoms.